The lowest BCUT2D eigenvalue weighted by atomic mass is 10.1. The molecule has 0 heterocycles. The average Bonchev–Trinajstić information content (AvgIpc) is 2.18. The summed E-state index contributed by atoms with van der Waals surface area (Å²) < 4.78 is 13.2. The smallest absolute Gasteiger partial charge is 0.307 e. The second kappa shape index (κ2) is 5.56. The van der Waals surface area contributed by atoms with Crippen LogP contribution in [0.25, 0.3) is 6.08 Å². The number of rotatable bonds is 4. The normalized spacial score (nSPS) is 10.8. The molecule has 0 spiro atoms. The first kappa shape index (κ1) is 11.8. The van der Waals surface area contributed by atoms with Crippen LogP contribution in [0.2, 0.25) is 0 Å². The first-order valence-electron chi connectivity index (χ1n) is 4.41. The summed E-state index contributed by atoms with van der Waals surface area (Å²) in [7, 11) is 0. The van der Waals surface area contributed by atoms with Crippen LogP contribution in [0.5, 0.6) is 0 Å². The molecule has 0 radical (unpaired) electrons. The van der Waals surface area contributed by atoms with Crippen molar-refractivity contribution >= 4 is 24.7 Å². The second-order valence-electron chi connectivity index (χ2n) is 3.01. The van der Waals surface area contributed by atoms with Crippen LogP contribution in [0, 0.1) is 5.82 Å². The van der Waals surface area contributed by atoms with Crippen LogP contribution in [0.4, 0.5) is 4.39 Å². The molecule has 0 bridgehead atoms. The summed E-state index contributed by atoms with van der Waals surface area (Å²) in [6, 6.07) is 4.28. The fraction of sp³-hybridized carbons (Fsp3) is 0.182. The monoisotopic (exact) mass is 226 g/mol. The number of aliphatic carboxylic acids is 1. The van der Waals surface area contributed by atoms with Gasteiger partial charge in [-0.1, -0.05) is 18.2 Å². The Balaban J connectivity index is 2.94. The van der Waals surface area contributed by atoms with E-state index in [9.17, 15) is 9.18 Å². The molecule has 1 rings (SSSR count). The van der Waals surface area contributed by atoms with Crippen molar-refractivity contribution in [1.82, 2.24) is 0 Å². The number of carboxylic acids is 1. The maximum atomic E-state index is 13.2. The highest BCUT2D eigenvalue weighted by Gasteiger charge is 2.04. The number of carboxylic acid groups (broad SMARTS) is 1. The summed E-state index contributed by atoms with van der Waals surface area (Å²) in [4.78, 5) is 10.5. The van der Waals surface area contributed by atoms with Crippen LogP contribution in [0.1, 0.15) is 11.1 Å². The number of halogens is 1. The molecule has 1 N–H and O–H groups in total. The highest BCUT2D eigenvalue weighted by atomic mass is 32.1. The summed E-state index contributed by atoms with van der Waals surface area (Å²) in [6.45, 7) is 0. The Hall–Kier alpha value is -1.29. The molecule has 0 fully saturated rings. The summed E-state index contributed by atoms with van der Waals surface area (Å²) in [6.07, 6.45) is 3.20. The lowest BCUT2D eigenvalue weighted by Gasteiger charge is -2.01. The van der Waals surface area contributed by atoms with Gasteiger partial charge in [0.15, 0.2) is 0 Å². The van der Waals surface area contributed by atoms with Crippen molar-refractivity contribution in [3.8, 4) is 0 Å². The molecule has 0 saturated carbocycles. The van der Waals surface area contributed by atoms with Gasteiger partial charge in [0.1, 0.15) is 5.82 Å². The Morgan fingerprint density at radius 2 is 2.27 bits per heavy atom. The molecule has 4 heteroatoms. The molecular formula is C11H11FO2S. The Morgan fingerprint density at radius 1 is 1.53 bits per heavy atom. The summed E-state index contributed by atoms with van der Waals surface area (Å²) in [5.74, 6) is -0.768. The van der Waals surface area contributed by atoms with E-state index in [0.29, 0.717) is 16.9 Å². The van der Waals surface area contributed by atoms with E-state index < -0.39 is 5.97 Å². The summed E-state index contributed by atoms with van der Waals surface area (Å²) in [5, 5.41) is 8.58. The second-order valence-corrected chi connectivity index (χ2v) is 3.38. The highest BCUT2D eigenvalue weighted by Crippen LogP contribution is 2.13. The van der Waals surface area contributed by atoms with Crippen molar-refractivity contribution in [2.24, 2.45) is 0 Å². The van der Waals surface area contributed by atoms with Crippen molar-refractivity contribution < 1.29 is 14.3 Å². The van der Waals surface area contributed by atoms with E-state index in [1.807, 2.05) is 0 Å². The maximum Gasteiger partial charge on any atom is 0.307 e. The van der Waals surface area contributed by atoms with Gasteiger partial charge in [0, 0.05) is 11.3 Å². The molecule has 0 aliphatic carbocycles. The third kappa shape index (κ3) is 3.75. The van der Waals surface area contributed by atoms with Gasteiger partial charge >= 0.3 is 5.97 Å². The fourth-order valence-electron chi connectivity index (χ4n) is 1.19. The van der Waals surface area contributed by atoms with Gasteiger partial charge in [-0.15, -0.1) is 0 Å². The Bertz CT molecular complexity index is 388. The minimum atomic E-state index is -0.925. The number of hydrogen-bond donors (Lipinski definition) is 2. The molecular weight excluding hydrogens is 215 g/mol. The van der Waals surface area contributed by atoms with Gasteiger partial charge in [-0.05, 0) is 17.7 Å². The zero-order valence-corrected chi connectivity index (χ0v) is 8.88. The topological polar surface area (TPSA) is 37.3 Å². The van der Waals surface area contributed by atoms with E-state index in [1.165, 1.54) is 18.2 Å². The van der Waals surface area contributed by atoms with Crippen molar-refractivity contribution in [3.63, 3.8) is 0 Å². The van der Waals surface area contributed by atoms with Gasteiger partial charge in [-0.2, -0.15) is 12.6 Å². The molecule has 80 valence electrons. The lowest BCUT2D eigenvalue weighted by Crippen LogP contribution is -2.00. The van der Waals surface area contributed by atoms with Crippen molar-refractivity contribution in [3.05, 3.63) is 41.2 Å². The van der Waals surface area contributed by atoms with Crippen LogP contribution in [0.3, 0.4) is 0 Å². The molecule has 0 aliphatic heterocycles. The lowest BCUT2D eigenvalue weighted by molar-refractivity contribution is -0.136. The van der Waals surface area contributed by atoms with Crippen LogP contribution in [0.15, 0.2) is 24.3 Å². The van der Waals surface area contributed by atoms with E-state index in [2.05, 4.69) is 12.6 Å². The SMILES string of the molecule is O=C(O)Cc1ccc(F)c(C=CCS)c1. The molecule has 0 unspecified atom stereocenters. The number of thiol groups is 1. The first-order valence-corrected chi connectivity index (χ1v) is 5.04. The fourth-order valence-corrected chi connectivity index (χ4v) is 1.29. The largest absolute Gasteiger partial charge is 0.481 e. The molecule has 0 aromatic heterocycles. The third-order valence-corrected chi connectivity index (χ3v) is 2.03. The van der Waals surface area contributed by atoms with E-state index in [0.717, 1.165) is 0 Å². The van der Waals surface area contributed by atoms with Crippen LogP contribution < -0.4 is 0 Å². The summed E-state index contributed by atoms with van der Waals surface area (Å²) in [5.41, 5.74) is 0.977. The molecule has 0 saturated heterocycles. The number of benzene rings is 1. The van der Waals surface area contributed by atoms with Gasteiger partial charge in [0.05, 0.1) is 6.42 Å². The molecule has 2 nitrogen and oxygen atoms in total. The predicted octanol–water partition coefficient (Wildman–Crippen LogP) is 2.40. The Kier molecular flexibility index (Phi) is 4.37. The van der Waals surface area contributed by atoms with Crippen molar-refractivity contribution in [1.29, 1.82) is 0 Å². The quantitative estimate of drug-likeness (QED) is 0.773. The Morgan fingerprint density at radius 3 is 2.87 bits per heavy atom. The van der Waals surface area contributed by atoms with Crippen molar-refractivity contribution in [2.45, 2.75) is 6.42 Å². The van der Waals surface area contributed by atoms with Gasteiger partial charge in [0.25, 0.3) is 0 Å². The molecule has 15 heavy (non-hydrogen) atoms. The third-order valence-electron chi connectivity index (χ3n) is 1.82. The molecule has 1 aromatic carbocycles. The van der Waals surface area contributed by atoms with E-state index in [1.54, 1.807) is 12.2 Å². The minimum Gasteiger partial charge on any atom is -0.481 e. The van der Waals surface area contributed by atoms with E-state index in [-0.39, 0.29) is 12.2 Å². The van der Waals surface area contributed by atoms with E-state index in [4.69, 9.17) is 5.11 Å². The standard InChI is InChI=1S/C11H11FO2S/c12-10-4-3-8(7-11(13)14)6-9(10)2-1-5-15/h1-4,6,15H,5,7H2,(H,13,14). The van der Waals surface area contributed by atoms with Gasteiger partial charge in [-0.25, -0.2) is 4.39 Å². The van der Waals surface area contributed by atoms with Crippen molar-refractivity contribution in [2.75, 3.05) is 5.75 Å². The molecule has 1 aromatic rings. The number of carbonyl (C=O) groups is 1. The van der Waals surface area contributed by atoms with Crippen LogP contribution in [-0.2, 0) is 11.2 Å². The predicted molar refractivity (Wildman–Crippen MR) is 60.6 cm³/mol. The highest BCUT2D eigenvalue weighted by molar-refractivity contribution is 7.80. The minimum absolute atomic E-state index is 0.0952. The molecule has 0 aliphatic rings. The number of hydrogen-bond acceptors (Lipinski definition) is 2. The van der Waals surface area contributed by atoms with Crippen LogP contribution in [-0.4, -0.2) is 16.8 Å². The molecule has 0 atom stereocenters. The zero-order valence-electron chi connectivity index (χ0n) is 7.98. The summed E-state index contributed by atoms with van der Waals surface area (Å²) >= 11 is 3.96. The molecule has 0 amide bonds. The maximum absolute atomic E-state index is 13.2. The average molecular weight is 226 g/mol. The van der Waals surface area contributed by atoms with Gasteiger partial charge in [0.2, 0.25) is 0 Å². The van der Waals surface area contributed by atoms with E-state index >= 15 is 0 Å². The van der Waals surface area contributed by atoms with Gasteiger partial charge < -0.3 is 5.11 Å². The van der Waals surface area contributed by atoms with Gasteiger partial charge in [-0.3, -0.25) is 4.79 Å². The first-order chi connectivity index (χ1) is 7.13. The van der Waals surface area contributed by atoms with Crippen LogP contribution >= 0.6 is 12.6 Å². The zero-order chi connectivity index (χ0) is 11.3. The Labute approximate surface area is 92.8 Å².